The number of carbonyl (C=O) groups excluding carboxylic acids is 1. The number of nitriles is 1. The van der Waals surface area contributed by atoms with Gasteiger partial charge in [0.05, 0.1) is 12.0 Å². The second-order valence-electron chi connectivity index (χ2n) is 4.48. The summed E-state index contributed by atoms with van der Waals surface area (Å²) in [6, 6.07) is 10.8. The van der Waals surface area contributed by atoms with Gasteiger partial charge >= 0.3 is 11.7 Å². The average molecular weight is 328 g/mol. The van der Waals surface area contributed by atoms with Crippen molar-refractivity contribution >= 4 is 17.7 Å². The van der Waals surface area contributed by atoms with E-state index in [1.165, 1.54) is 31.4 Å². The van der Waals surface area contributed by atoms with E-state index in [9.17, 15) is 14.9 Å². The standard InChI is InChI=1S/C16H12N2O6/c1-22-16(19)11(9-17)8-12-6-7-13(24-12)10-23-15-5-3-2-4-14(15)18(20)21/h2-8H,10H2,1H3. The molecule has 0 fully saturated rings. The van der Waals surface area contributed by atoms with Crippen LogP contribution in [0.1, 0.15) is 11.5 Å². The molecule has 0 bridgehead atoms. The summed E-state index contributed by atoms with van der Waals surface area (Å²) in [6.07, 6.45) is 1.24. The number of ether oxygens (including phenoxy) is 2. The Kier molecular flexibility index (Phi) is 5.31. The van der Waals surface area contributed by atoms with E-state index in [-0.39, 0.29) is 29.4 Å². The Balaban J connectivity index is 2.10. The first-order valence-electron chi connectivity index (χ1n) is 6.70. The van der Waals surface area contributed by atoms with Crippen LogP contribution >= 0.6 is 0 Å². The van der Waals surface area contributed by atoms with Crippen molar-refractivity contribution in [2.45, 2.75) is 6.61 Å². The minimum Gasteiger partial charge on any atom is -0.479 e. The van der Waals surface area contributed by atoms with E-state index in [4.69, 9.17) is 14.4 Å². The van der Waals surface area contributed by atoms with E-state index in [1.54, 1.807) is 24.3 Å². The molecular formula is C16H12N2O6. The number of carbonyl (C=O) groups is 1. The van der Waals surface area contributed by atoms with Crippen LogP contribution in [0, 0.1) is 21.4 Å². The Bertz CT molecular complexity index is 831. The van der Waals surface area contributed by atoms with Crippen LogP contribution in [-0.4, -0.2) is 18.0 Å². The van der Waals surface area contributed by atoms with Gasteiger partial charge in [0.1, 0.15) is 29.8 Å². The van der Waals surface area contributed by atoms with Crippen LogP contribution in [-0.2, 0) is 16.1 Å². The molecule has 122 valence electrons. The van der Waals surface area contributed by atoms with E-state index < -0.39 is 10.9 Å². The molecule has 1 aromatic heterocycles. The van der Waals surface area contributed by atoms with Gasteiger partial charge in [-0.15, -0.1) is 0 Å². The SMILES string of the molecule is COC(=O)C(C#N)=Cc1ccc(COc2ccccc2[N+](=O)[O-])o1. The molecule has 8 nitrogen and oxygen atoms in total. The van der Waals surface area contributed by atoms with Crippen molar-refractivity contribution in [2.24, 2.45) is 0 Å². The van der Waals surface area contributed by atoms with Gasteiger partial charge in [-0.25, -0.2) is 4.79 Å². The molecule has 0 radical (unpaired) electrons. The van der Waals surface area contributed by atoms with Crippen LogP contribution < -0.4 is 4.74 Å². The number of methoxy groups -OCH3 is 1. The van der Waals surface area contributed by atoms with Crippen LogP contribution in [0.2, 0.25) is 0 Å². The number of hydrogen-bond acceptors (Lipinski definition) is 7. The van der Waals surface area contributed by atoms with Crippen molar-refractivity contribution < 1.29 is 23.6 Å². The first-order chi connectivity index (χ1) is 11.5. The van der Waals surface area contributed by atoms with Crippen molar-refractivity contribution in [3.8, 4) is 11.8 Å². The highest BCUT2D eigenvalue weighted by Crippen LogP contribution is 2.27. The fraction of sp³-hybridized carbons (Fsp3) is 0.125. The number of nitro groups is 1. The summed E-state index contributed by atoms with van der Waals surface area (Å²) in [7, 11) is 1.17. The lowest BCUT2D eigenvalue weighted by atomic mass is 10.2. The predicted octanol–water partition coefficient (Wildman–Crippen LogP) is 2.85. The Labute approximate surface area is 136 Å². The molecule has 0 unspecified atom stereocenters. The number of para-hydroxylation sites is 2. The molecule has 0 saturated carbocycles. The Morgan fingerprint density at radius 1 is 1.38 bits per heavy atom. The highest BCUT2D eigenvalue weighted by Gasteiger charge is 2.15. The zero-order valence-corrected chi connectivity index (χ0v) is 12.6. The van der Waals surface area contributed by atoms with Crippen LogP contribution in [0.25, 0.3) is 6.08 Å². The molecule has 1 heterocycles. The van der Waals surface area contributed by atoms with Gasteiger partial charge in [-0.1, -0.05) is 12.1 Å². The molecule has 2 rings (SSSR count). The molecule has 0 atom stereocenters. The second kappa shape index (κ2) is 7.60. The zero-order chi connectivity index (χ0) is 17.5. The van der Waals surface area contributed by atoms with E-state index in [0.717, 1.165) is 0 Å². The number of nitro benzene ring substituents is 1. The molecule has 0 spiro atoms. The number of nitrogens with zero attached hydrogens (tertiary/aromatic N) is 2. The smallest absolute Gasteiger partial charge is 0.348 e. The number of hydrogen-bond donors (Lipinski definition) is 0. The number of esters is 1. The first-order valence-corrected chi connectivity index (χ1v) is 6.70. The Hall–Kier alpha value is -3.60. The molecular weight excluding hydrogens is 316 g/mol. The maximum atomic E-state index is 11.3. The Morgan fingerprint density at radius 2 is 2.12 bits per heavy atom. The molecule has 8 heteroatoms. The maximum Gasteiger partial charge on any atom is 0.348 e. The third-order valence-electron chi connectivity index (χ3n) is 2.93. The molecule has 24 heavy (non-hydrogen) atoms. The van der Waals surface area contributed by atoms with Gasteiger partial charge in [0, 0.05) is 12.1 Å². The lowest BCUT2D eigenvalue weighted by Crippen LogP contribution is -2.02. The normalized spacial score (nSPS) is 10.8. The highest BCUT2D eigenvalue weighted by atomic mass is 16.6. The highest BCUT2D eigenvalue weighted by molar-refractivity contribution is 5.97. The van der Waals surface area contributed by atoms with E-state index >= 15 is 0 Å². The van der Waals surface area contributed by atoms with Crippen molar-refractivity contribution in [3.63, 3.8) is 0 Å². The van der Waals surface area contributed by atoms with Crippen molar-refractivity contribution in [3.05, 3.63) is 63.6 Å². The number of rotatable bonds is 6. The Morgan fingerprint density at radius 3 is 2.79 bits per heavy atom. The van der Waals surface area contributed by atoms with Gasteiger partial charge in [-0.05, 0) is 18.2 Å². The summed E-state index contributed by atoms with van der Waals surface area (Å²) in [4.78, 5) is 21.7. The van der Waals surface area contributed by atoms with Crippen LogP contribution in [0.4, 0.5) is 5.69 Å². The minimum absolute atomic E-state index is 0.0429. The second-order valence-corrected chi connectivity index (χ2v) is 4.48. The van der Waals surface area contributed by atoms with Gasteiger partial charge in [-0.2, -0.15) is 5.26 Å². The molecule has 0 aliphatic rings. The summed E-state index contributed by atoms with van der Waals surface area (Å²) in [5.41, 5.74) is -0.361. The molecule has 2 aromatic rings. The molecule has 0 aliphatic carbocycles. The van der Waals surface area contributed by atoms with Gasteiger partial charge in [0.25, 0.3) is 0 Å². The van der Waals surface area contributed by atoms with Gasteiger partial charge in [0.2, 0.25) is 0 Å². The lowest BCUT2D eigenvalue weighted by Gasteiger charge is -2.04. The number of benzene rings is 1. The summed E-state index contributed by atoms with van der Waals surface area (Å²) >= 11 is 0. The van der Waals surface area contributed by atoms with E-state index in [2.05, 4.69) is 4.74 Å². The molecule has 0 N–H and O–H groups in total. The minimum atomic E-state index is -0.772. The summed E-state index contributed by atoms with van der Waals surface area (Å²) < 4.78 is 15.3. The van der Waals surface area contributed by atoms with Gasteiger partial charge in [0.15, 0.2) is 5.75 Å². The number of furan rings is 1. The molecule has 0 saturated heterocycles. The van der Waals surface area contributed by atoms with E-state index in [1.807, 2.05) is 0 Å². The summed E-state index contributed by atoms with van der Waals surface area (Å²) in [5, 5.41) is 19.8. The fourth-order valence-corrected chi connectivity index (χ4v) is 1.82. The quantitative estimate of drug-likeness (QED) is 0.263. The fourth-order valence-electron chi connectivity index (χ4n) is 1.82. The van der Waals surface area contributed by atoms with E-state index in [0.29, 0.717) is 5.76 Å². The van der Waals surface area contributed by atoms with Crippen LogP contribution in [0.15, 0.2) is 46.4 Å². The largest absolute Gasteiger partial charge is 0.479 e. The zero-order valence-electron chi connectivity index (χ0n) is 12.6. The van der Waals surface area contributed by atoms with Crippen LogP contribution in [0.3, 0.4) is 0 Å². The average Bonchev–Trinajstić information content (AvgIpc) is 3.04. The van der Waals surface area contributed by atoms with Crippen LogP contribution in [0.5, 0.6) is 5.75 Å². The molecule has 0 amide bonds. The van der Waals surface area contributed by atoms with Gasteiger partial charge < -0.3 is 13.9 Å². The predicted molar refractivity (Wildman–Crippen MR) is 81.7 cm³/mol. The maximum absolute atomic E-state index is 11.3. The lowest BCUT2D eigenvalue weighted by molar-refractivity contribution is -0.386. The molecule has 0 aliphatic heterocycles. The molecule has 1 aromatic carbocycles. The third-order valence-corrected chi connectivity index (χ3v) is 2.93. The monoisotopic (exact) mass is 328 g/mol. The summed E-state index contributed by atoms with van der Waals surface area (Å²) in [5.74, 6) is -0.0189. The van der Waals surface area contributed by atoms with Crippen molar-refractivity contribution in [1.29, 1.82) is 5.26 Å². The van der Waals surface area contributed by atoms with Gasteiger partial charge in [-0.3, -0.25) is 10.1 Å². The summed E-state index contributed by atoms with van der Waals surface area (Å²) in [6.45, 7) is -0.0429. The third kappa shape index (κ3) is 3.98. The topological polar surface area (TPSA) is 116 Å². The van der Waals surface area contributed by atoms with Crippen molar-refractivity contribution in [2.75, 3.05) is 7.11 Å². The van der Waals surface area contributed by atoms with Crippen molar-refractivity contribution in [1.82, 2.24) is 0 Å². The first kappa shape index (κ1) is 16.8.